The topological polar surface area (TPSA) is 20.2 Å². The van der Waals surface area contributed by atoms with Crippen molar-refractivity contribution in [1.82, 2.24) is 0 Å². The lowest BCUT2D eigenvalue weighted by Gasteiger charge is -2.54. The zero-order valence-electron chi connectivity index (χ0n) is 9.21. The Kier molecular flexibility index (Phi) is 1.96. The van der Waals surface area contributed by atoms with Gasteiger partial charge in [0, 0.05) is 0 Å². The van der Waals surface area contributed by atoms with E-state index in [1.54, 1.807) is 0 Å². The predicted molar refractivity (Wildman–Crippen MR) is 56.9 cm³/mol. The lowest BCUT2D eigenvalue weighted by molar-refractivity contribution is -0.164. The summed E-state index contributed by atoms with van der Waals surface area (Å²) in [6.45, 7) is 2.22. The molecule has 5 atom stereocenters. The van der Waals surface area contributed by atoms with E-state index in [2.05, 4.69) is 6.92 Å². The third-order valence-corrected chi connectivity index (χ3v) is 5.26. The van der Waals surface area contributed by atoms with Crippen molar-refractivity contribution in [2.75, 3.05) is 0 Å². The van der Waals surface area contributed by atoms with Crippen molar-refractivity contribution in [2.45, 2.75) is 57.5 Å². The Morgan fingerprint density at radius 3 is 2.79 bits per heavy atom. The zero-order chi connectivity index (χ0) is 9.76. The highest BCUT2D eigenvalue weighted by Crippen LogP contribution is 2.66. The first-order chi connectivity index (χ1) is 6.74. The van der Waals surface area contributed by atoms with E-state index in [9.17, 15) is 5.11 Å². The van der Waals surface area contributed by atoms with E-state index in [-0.39, 0.29) is 5.60 Å². The van der Waals surface area contributed by atoms with Gasteiger partial charge in [0.2, 0.25) is 0 Å². The molecule has 0 aromatic rings. The molecule has 0 spiro atoms. The maximum atomic E-state index is 10.5. The Hall–Kier alpha value is -0.0400. The molecule has 80 valence electrons. The average molecular weight is 194 g/mol. The fourth-order valence-corrected chi connectivity index (χ4v) is 4.68. The van der Waals surface area contributed by atoms with Crippen LogP contribution in [0.15, 0.2) is 0 Å². The fraction of sp³-hybridized carbons (Fsp3) is 1.00. The van der Waals surface area contributed by atoms with Gasteiger partial charge in [-0.15, -0.1) is 0 Å². The minimum Gasteiger partial charge on any atom is -0.390 e. The highest BCUT2D eigenvalue weighted by Gasteiger charge is 2.63. The number of hydrogen-bond donors (Lipinski definition) is 1. The minimum absolute atomic E-state index is 0.222. The summed E-state index contributed by atoms with van der Waals surface area (Å²) >= 11 is 0. The molecule has 3 aliphatic rings. The van der Waals surface area contributed by atoms with E-state index in [0.717, 1.165) is 30.6 Å². The van der Waals surface area contributed by atoms with Crippen molar-refractivity contribution in [1.29, 1.82) is 0 Å². The molecule has 0 aromatic heterocycles. The number of rotatable bonds is 3. The minimum atomic E-state index is -0.222. The van der Waals surface area contributed by atoms with Crippen molar-refractivity contribution in [3.8, 4) is 0 Å². The standard InChI is InChI=1S/C13H22O/c1-2-3-6-13(14)8-11-9-4-5-10(7-9)12(11)13/h9-12,14H,2-8H2,1H3/t9-,10+,11+,12-,13+/m1/s1. The Balaban J connectivity index is 1.69. The lowest BCUT2D eigenvalue weighted by atomic mass is 9.54. The molecule has 3 aliphatic carbocycles. The molecule has 0 heterocycles. The Bertz CT molecular complexity index is 235. The third kappa shape index (κ3) is 1.05. The zero-order valence-corrected chi connectivity index (χ0v) is 9.21. The van der Waals surface area contributed by atoms with Crippen LogP contribution in [0.2, 0.25) is 0 Å². The monoisotopic (exact) mass is 194 g/mol. The molecule has 0 amide bonds. The van der Waals surface area contributed by atoms with Crippen LogP contribution in [0.5, 0.6) is 0 Å². The van der Waals surface area contributed by atoms with E-state index in [0.29, 0.717) is 5.92 Å². The summed E-state index contributed by atoms with van der Waals surface area (Å²) in [5.41, 5.74) is -0.222. The summed E-state index contributed by atoms with van der Waals surface area (Å²) < 4.78 is 0. The molecule has 0 radical (unpaired) electrons. The van der Waals surface area contributed by atoms with Gasteiger partial charge in [-0.2, -0.15) is 0 Å². The molecule has 0 aliphatic heterocycles. The second-order valence-electron chi connectivity index (χ2n) is 5.93. The van der Waals surface area contributed by atoms with Crippen molar-refractivity contribution in [2.24, 2.45) is 23.7 Å². The van der Waals surface area contributed by atoms with Crippen LogP contribution in [0.3, 0.4) is 0 Å². The van der Waals surface area contributed by atoms with Crippen LogP contribution in [0.1, 0.15) is 51.9 Å². The van der Waals surface area contributed by atoms with Gasteiger partial charge in [0.05, 0.1) is 5.60 Å². The van der Waals surface area contributed by atoms with Crippen LogP contribution in [-0.2, 0) is 0 Å². The second-order valence-corrected chi connectivity index (χ2v) is 5.93. The first-order valence-corrected chi connectivity index (χ1v) is 6.47. The van der Waals surface area contributed by atoms with Crippen LogP contribution in [-0.4, -0.2) is 10.7 Å². The Morgan fingerprint density at radius 2 is 2.07 bits per heavy atom. The lowest BCUT2D eigenvalue weighted by Crippen LogP contribution is -2.56. The second kappa shape index (κ2) is 2.98. The fourth-order valence-electron chi connectivity index (χ4n) is 4.68. The molecule has 1 heteroatoms. The first-order valence-electron chi connectivity index (χ1n) is 6.47. The molecule has 3 saturated carbocycles. The molecular formula is C13H22O. The molecule has 1 nitrogen and oxygen atoms in total. The summed E-state index contributed by atoms with van der Waals surface area (Å²) in [6.07, 6.45) is 9.00. The summed E-state index contributed by atoms with van der Waals surface area (Å²) in [7, 11) is 0. The molecule has 0 unspecified atom stereocenters. The molecule has 1 N–H and O–H groups in total. The van der Waals surface area contributed by atoms with Gasteiger partial charge in [0.1, 0.15) is 0 Å². The number of fused-ring (bicyclic) bond motifs is 5. The van der Waals surface area contributed by atoms with Gasteiger partial charge in [-0.1, -0.05) is 19.8 Å². The summed E-state index contributed by atoms with van der Waals surface area (Å²) in [5, 5.41) is 10.5. The van der Waals surface area contributed by atoms with E-state index >= 15 is 0 Å². The molecule has 2 bridgehead atoms. The van der Waals surface area contributed by atoms with Crippen molar-refractivity contribution in [3.63, 3.8) is 0 Å². The Morgan fingerprint density at radius 1 is 1.29 bits per heavy atom. The number of hydrogen-bond acceptors (Lipinski definition) is 1. The summed E-state index contributed by atoms with van der Waals surface area (Å²) in [4.78, 5) is 0. The number of aliphatic hydroxyl groups is 1. The van der Waals surface area contributed by atoms with Gasteiger partial charge in [0.25, 0.3) is 0 Å². The largest absolute Gasteiger partial charge is 0.390 e. The normalized spacial score (nSPS) is 54.4. The van der Waals surface area contributed by atoms with Crippen LogP contribution < -0.4 is 0 Å². The maximum Gasteiger partial charge on any atom is 0.0684 e. The molecule has 0 aromatic carbocycles. The highest BCUT2D eigenvalue weighted by molar-refractivity contribution is 5.13. The van der Waals surface area contributed by atoms with Crippen LogP contribution in [0, 0.1) is 23.7 Å². The molecule has 14 heavy (non-hydrogen) atoms. The van der Waals surface area contributed by atoms with E-state index < -0.39 is 0 Å². The molecular weight excluding hydrogens is 172 g/mol. The summed E-state index contributed by atoms with van der Waals surface area (Å²) in [6, 6.07) is 0. The van der Waals surface area contributed by atoms with Gasteiger partial charge >= 0.3 is 0 Å². The molecule has 3 fully saturated rings. The van der Waals surface area contributed by atoms with Gasteiger partial charge < -0.3 is 5.11 Å². The smallest absolute Gasteiger partial charge is 0.0684 e. The molecule has 3 rings (SSSR count). The number of unbranched alkanes of at least 4 members (excludes halogenated alkanes) is 1. The van der Waals surface area contributed by atoms with Gasteiger partial charge in [-0.05, 0) is 55.8 Å². The quantitative estimate of drug-likeness (QED) is 0.732. The van der Waals surface area contributed by atoms with Gasteiger partial charge in [0.15, 0.2) is 0 Å². The van der Waals surface area contributed by atoms with E-state index in [1.807, 2.05) is 0 Å². The van der Waals surface area contributed by atoms with Gasteiger partial charge in [-0.25, -0.2) is 0 Å². The van der Waals surface area contributed by atoms with Crippen LogP contribution in [0.4, 0.5) is 0 Å². The van der Waals surface area contributed by atoms with Crippen LogP contribution >= 0.6 is 0 Å². The third-order valence-electron chi connectivity index (χ3n) is 5.26. The van der Waals surface area contributed by atoms with E-state index in [1.165, 1.54) is 32.1 Å². The highest BCUT2D eigenvalue weighted by atomic mass is 16.3. The molecule has 0 saturated heterocycles. The Labute approximate surface area is 86.9 Å². The van der Waals surface area contributed by atoms with E-state index in [4.69, 9.17) is 0 Å². The summed E-state index contributed by atoms with van der Waals surface area (Å²) in [5.74, 6) is 3.55. The van der Waals surface area contributed by atoms with Gasteiger partial charge in [-0.3, -0.25) is 0 Å². The van der Waals surface area contributed by atoms with Crippen LogP contribution in [0.25, 0.3) is 0 Å². The SMILES string of the molecule is CCCC[C@]1(O)C[C@H]2[C@@H]3CC[C@@H](C3)[C@H]21. The average Bonchev–Trinajstić information content (AvgIpc) is 2.69. The van der Waals surface area contributed by atoms with Crippen molar-refractivity contribution in [3.05, 3.63) is 0 Å². The van der Waals surface area contributed by atoms with Crippen molar-refractivity contribution < 1.29 is 5.11 Å². The first kappa shape index (κ1) is 9.21. The maximum absolute atomic E-state index is 10.5. The van der Waals surface area contributed by atoms with Crippen molar-refractivity contribution >= 4 is 0 Å². The predicted octanol–water partition coefficient (Wildman–Crippen LogP) is 2.97.